The number of hydrogen-bond donors (Lipinski definition) is 2. The molecular formula is C20H17FN4OS. The second-order valence-electron chi connectivity index (χ2n) is 6.98. The standard InChI is InChI=1S/C20H17FN4OS/c1-10(20-25-16-8-11(21)6-7-17(16)27-20)22-19(26)13-9-12(13)18-23-14-4-2-3-5-15(14)24-18/h2-8,10,12-13H,9H2,1H3,(H,22,26)(H,23,24)/t10-,12-,13-/m0/s1. The van der Waals surface area contributed by atoms with Crippen LogP contribution in [0, 0.1) is 11.7 Å². The molecule has 2 aromatic heterocycles. The van der Waals surface area contributed by atoms with Crippen molar-refractivity contribution in [2.45, 2.75) is 25.3 Å². The monoisotopic (exact) mass is 380 g/mol. The molecule has 0 unspecified atom stereocenters. The summed E-state index contributed by atoms with van der Waals surface area (Å²) in [5, 5.41) is 3.82. The summed E-state index contributed by atoms with van der Waals surface area (Å²) in [5.74, 6) is 0.648. The van der Waals surface area contributed by atoms with Crippen molar-refractivity contribution in [1.29, 1.82) is 0 Å². The Morgan fingerprint density at radius 3 is 2.96 bits per heavy atom. The maximum atomic E-state index is 13.3. The van der Waals surface area contributed by atoms with E-state index in [1.54, 1.807) is 6.07 Å². The van der Waals surface area contributed by atoms with Crippen molar-refractivity contribution in [2.75, 3.05) is 0 Å². The molecule has 1 aliphatic rings. The number of H-pyrrole nitrogens is 1. The van der Waals surface area contributed by atoms with E-state index in [1.807, 2.05) is 31.2 Å². The van der Waals surface area contributed by atoms with Gasteiger partial charge in [-0.3, -0.25) is 4.79 Å². The van der Waals surface area contributed by atoms with E-state index in [0.717, 1.165) is 33.0 Å². The van der Waals surface area contributed by atoms with Gasteiger partial charge in [0, 0.05) is 17.9 Å². The predicted molar refractivity (Wildman–Crippen MR) is 103 cm³/mol. The Morgan fingerprint density at radius 2 is 2.11 bits per heavy atom. The van der Waals surface area contributed by atoms with Gasteiger partial charge in [0.2, 0.25) is 5.91 Å². The summed E-state index contributed by atoms with van der Waals surface area (Å²) in [6, 6.07) is 12.2. The number of imidazole rings is 1. The fourth-order valence-electron chi connectivity index (χ4n) is 3.42. The molecular weight excluding hydrogens is 363 g/mol. The van der Waals surface area contributed by atoms with Crippen LogP contribution in [0.15, 0.2) is 42.5 Å². The molecule has 0 bridgehead atoms. The van der Waals surface area contributed by atoms with Crippen LogP contribution in [-0.2, 0) is 4.79 Å². The first kappa shape index (κ1) is 16.4. The van der Waals surface area contributed by atoms with Crippen molar-refractivity contribution >= 4 is 38.5 Å². The SMILES string of the molecule is C[C@H](NC(=O)[C@H]1C[C@@H]1c1nc2ccccc2[nH]1)c1nc2cc(F)ccc2s1. The summed E-state index contributed by atoms with van der Waals surface area (Å²) in [7, 11) is 0. The molecule has 2 heterocycles. The molecule has 4 aromatic rings. The number of nitrogens with zero attached hydrogens (tertiary/aromatic N) is 2. The van der Waals surface area contributed by atoms with Gasteiger partial charge in [0.25, 0.3) is 0 Å². The summed E-state index contributed by atoms with van der Waals surface area (Å²) in [6.45, 7) is 1.91. The summed E-state index contributed by atoms with van der Waals surface area (Å²) >= 11 is 1.48. The average molecular weight is 380 g/mol. The molecule has 5 rings (SSSR count). The summed E-state index contributed by atoms with van der Waals surface area (Å²) in [5.41, 5.74) is 2.55. The summed E-state index contributed by atoms with van der Waals surface area (Å²) < 4.78 is 14.3. The van der Waals surface area contributed by atoms with Crippen LogP contribution in [-0.4, -0.2) is 20.9 Å². The third-order valence-corrected chi connectivity index (χ3v) is 6.20. The highest BCUT2D eigenvalue weighted by Gasteiger charge is 2.46. The van der Waals surface area contributed by atoms with E-state index in [9.17, 15) is 9.18 Å². The van der Waals surface area contributed by atoms with Crippen LogP contribution in [0.5, 0.6) is 0 Å². The Hall–Kier alpha value is -2.80. The maximum absolute atomic E-state index is 13.3. The van der Waals surface area contributed by atoms with E-state index >= 15 is 0 Å². The largest absolute Gasteiger partial charge is 0.347 e. The highest BCUT2D eigenvalue weighted by molar-refractivity contribution is 7.18. The lowest BCUT2D eigenvalue weighted by Crippen LogP contribution is -2.28. The number of rotatable bonds is 4. The molecule has 1 amide bonds. The minimum atomic E-state index is -0.303. The predicted octanol–water partition coefficient (Wildman–Crippen LogP) is 4.29. The van der Waals surface area contributed by atoms with Crippen LogP contribution < -0.4 is 5.32 Å². The lowest BCUT2D eigenvalue weighted by molar-refractivity contribution is -0.123. The Labute approximate surface area is 158 Å². The van der Waals surface area contributed by atoms with E-state index < -0.39 is 0 Å². The highest BCUT2D eigenvalue weighted by atomic mass is 32.1. The molecule has 7 heteroatoms. The van der Waals surface area contributed by atoms with Gasteiger partial charge in [0.1, 0.15) is 16.6 Å². The van der Waals surface area contributed by atoms with Crippen LogP contribution in [0.25, 0.3) is 21.3 Å². The Bertz CT molecular complexity index is 1130. The van der Waals surface area contributed by atoms with E-state index in [0.29, 0.717) is 5.52 Å². The molecule has 0 aliphatic heterocycles. The zero-order valence-corrected chi connectivity index (χ0v) is 15.4. The molecule has 0 radical (unpaired) electrons. The van der Waals surface area contributed by atoms with Gasteiger partial charge < -0.3 is 10.3 Å². The van der Waals surface area contributed by atoms with Gasteiger partial charge in [0.05, 0.1) is 27.3 Å². The van der Waals surface area contributed by atoms with Crippen molar-refractivity contribution < 1.29 is 9.18 Å². The number of fused-ring (bicyclic) bond motifs is 2. The van der Waals surface area contributed by atoms with Crippen molar-refractivity contribution in [2.24, 2.45) is 5.92 Å². The number of carbonyl (C=O) groups is 1. The van der Waals surface area contributed by atoms with Gasteiger partial charge in [-0.1, -0.05) is 12.1 Å². The fourth-order valence-corrected chi connectivity index (χ4v) is 4.37. The van der Waals surface area contributed by atoms with Crippen LogP contribution in [0.1, 0.15) is 36.1 Å². The minimum Gasteiger partial charge on any atom is -0.347 e. The van der Waals surface area contributed by atoms with E-state index in [1.165, 1.54) is 23.5 Å². The van der Waals surface area contributed by atoms with Crippen LogP contribution in [0.2, 0.25) is 0 Å². The summed E-state index contributed by atoms with van der Waals surface area (Å²) in [6.07, 6.45) is 0.795. The first-order chi connectivity index (χ1) is 13.1. The normalized spacial score (nSPS) is 20.1. The lowest BCUT2D eigenvalue weighted by Gasteiger charge is -2.10. The third-order valence-electron chi connectivity index (χ3n) is 4.98. The van der Waals surface area contributed by atoms with Crippen molar-refractivity contribution in [3.63, 3.8) is 0 Å². The second-order valence-corrected chi connectivity index (χ2v) is 8.04. The number of aromatic amines is 1. The molecule has 5 nitrogen and oxygen atoms in total. The molecule has 3 atom stereocenters. The Morgan fingerprint density at radius 1 is 1.26 bits per heavy atom. The first-order valence-electron chi connectivity index (χ1n) is 8.89. The second kappa shape index (κ2) is 6.13. The maximum Gasteiger partial charge on any atom is 0.224 e. The van der Waals surface area contributed by atoms with Gasteiger partial charge in [-0.2, -0.15) is 0 Å². The molecule has 2 aromatic carbocycles. The highest BCUT2D eigenvalue weighted by Crippen LogP contribution is 2.47. The Kier molecular flexibility index (Phi) is 3.72. The lowest BCUT2D eigenvalue weighted by atomic mass is 10.2. The first-order valence-corrected chi connectivity index (χ1v) is 9.71. The molecule has 0 saturated heterocycles. The van der Waals surface area contributed by atoms with Crippen LogP contribution in [0.3, 0.4) is 0 Å². The van der Waals surface area contributed by atoms with Crippen molar-refractivity contribution in [3.8, 4) is 0 Å². The molecule has 136 valence electrons. The van der Waals surface area contributed by atoms with Crippen molar-refractivity contribution in [1.82, 2.24) is 20.3 Å². The Balaban J connectivity index is 1.28. The van der Waals surface area contributed by atoms with Gasteiger partial charge in [-0.15, -0.1) is 11.3 Å². The molecule has 1 fully saturated rings. The van der Waals surface area contributed by atoms with Crippen molar-refractivity contribution in [3.05, 3.63) is 59.1 Å². The molecule has 0 spiro atoms. The number of benzene rings is 2. The number of amides is 1. The van der Waals surface area contributed by atoms with Crippen LogP contribution in [0.4, 0.5) is 4.39 Å². The number of halogens is 1. The zero-order chi connectivity index (χ0) is 18.5. The number of nitrogens with one attached hydrogen (secondary N) is 2. The molecule has 2 N–H and O–H groups in total. The molecule has 1 saturated carbocycles. The van der Waals surface area contributed by atoms with E-state index in [-0.39, 0.29) is 29.6 Å². The van der Waals surface area contributed by atoms with Gasteiger partial charge >= 0.3 is 0 Å². The number of aromatic nitrogens is 3. The van der Waals surface area contributed by atoms with Gasteiger partial charge in [0.15, 0.2) is 0 Å². The number of carbonyl (C=O) groups excluding carboxylic acids is 1. The number of thiazole rings is 1. The smallest absolute Gasteiger partial charge is 0.224 e. The van der Waals surface area contributed by atoms with E-state index in [2.05, 4.69) is 20.3 Å². The topological polar surface area (TPSA) is 70.7 Å². The quantitative estimate of drug-likeness (QED) is 0.555. The third kappa shape index (κ3) is 2.98. The minimum absolute atomic E-state index is 0.0124. The van der Waals surface area contributed by atoms with Crippen LogP contribution >= 0.6 is 11.3 Å². The van der Waals surface area contributed by atoms with E-state index in [4.69, 9.17) is 0 Å². The number of hydrogen-bond acceptors (Lipinski definition) is 4. The number of para-hydroxylation sites is 2. The molecule has 1 aliphatic carbocycles. The fraction of sp³-hybridized carbons (Fsp3) is 0.250. The van der Waals surface area contributed by atoms with Gasteiger partial charge in [-0.05, 0) is 37.6 Å². The average Bonchev–Trinajstić information content (AvgIpc) is 3.16. The zero-order valence-electron chi connectivity index (χ0n) is 14.6. The van der Waals surface area contributed by atoms with Gasteiger partial charge in [-0.25, -0.2) is 14.4 Å². The summed E-state index contributed by atoms with van der Waals surface area (Å²) in [4.78, 5) is 25.0. The molecule has 27 heavy (non-hydrogen) atoms.